The molecule has 26 heavy (non-hydrogen) atoms. The summed E-state index contributed by atoms with van der Waals surface area (Å²) in [6.45, 7) is 5.42. The standard InChI is InChI=1S/C20H25FN4O/c1-3-14(2)22-19(26)24-11-8-20(9-12-24)18-5-4-10-25(18)17-7-6-15(21)13-16(17)23-20/h4-7,10,13-14,23H,3,8-9,11-12H2,1-2H3,(H,22,26)/t14-/m1/s1. The van der Waals surface area contributed by atoms with Crippen LogP contribution in [0.25, 0.3) is 5.69 Å². The van der Waals surface area contributed by atoms with Gasteiger partial charge in [-0.1, -0.05) is 6.92 Å². The number of rotatable bonds is 2. The normalized spacial score (nSPS) is 18.7. The third-order valence-electron chi connectivity index (χ3n) is 5.72. The maximum atomic E-state index is 13.8. The van der Waals surface area contributed by atoms with E-state index >= 15 is 0 Å². The summed E-state index contributed by atoms with van der Waals surface area (Å²) in [4.78, 5) is 14.3. The minimum Gasteiger partial charge on any atom is -0.372 e. The summed E-state index contributed by atoms with van der Waals surface area (Å²) >= 11 is 0. The number of hydrogen-bond acceptors (Lipinski definition) is 2. The average Bonchev–Trinajstić information content (AvgIpc) is 3.13. The van der Waals surface area contributed by atoms with Gasteiger partial charge >= 0.3 is 6.03 Å². The number of aromatic nitrogens is 1. The molecule has 2 aliphatic rings. The summed E-state index contributed by atoms with van der Waals surface area (Å²) < 4.78 is 15.9. The highest BCUT2D eigenvalue weighted by atomic mass is 19.1. The number of benzene rings is 1. The molecule has 2 aliphatic heterocycles. The minimum atomic E-state index is -0.266. The van der Waals surface area contributed by atoms with Crippen molar-refractivity contribution in [2.75, 3.05) is 18.4 Å². The number of likely N-dealkylation sites (tertiary alicyclic amines) is 1. The zero-order valence-corrected chi connectivity index (χ0v) is 15.3. The molecule has 1 spiro atoms. The van der Waals surface area contributed by atoms with Crippen LogP contribution in [0.5, 0.6) is 0 Å². The van der Waals surface area contributed by atoms with E-state index in [9.17, 15) is 9.18 Å². The molecule has 138 valence electrons. The third kappa shape index (κ3) is 2.73. The molecule has 0 unspecified atom stereocenters. The van der Waals surface area contributed by atoms with Gasteiger partial charge in [-0.3, -0.25) is 0 Å². The number of halogens is 1. The molecule has 0 saturated carbocycles. The van der Waals surface area contributed by atoms with Gasteiger partial charge in [-0.05, 0) is 56.5 Å². The smallest absolute Gasteiger partial charge is 0.317 e. The largest absolute Gasteiger partial charge is 0.372 e. The lowest BCUT2D eigenvalue weighted by Crippen LogP contribution is -2.53. The van der Waals surface area contributed by atoms with Gasteiger partial charge in [-0.15, -0.1) is 0 Å². The first kappa shape index (κ1) is 16.9. The van der Waals surface area contributed by atoms with Crippen molar-refractivity contribution in [1.29, 1.82) is 0 Å². The highest BCUT2D eigenvalue weighted by Gasteiger charge is 2.42. The molecular formula is C20H25FN4O. The molecule has 2 amide bonds. The zero-order valence-electron chi connectivity index (χ0n) is 15.3. The van der Waals surface area contributed by atoms with E-state index in [4.69, 9.17) is 0 Å². The highest BCUT2D eigenvalue weighted by molar-refractivity contribution is 5.75. The summed E-state index contributed by atoms with van der Waals surface area (Å²) in [5.41, 5.74) is 2.69. The van der Waals surface area contributed by atoms with Crippen molar-refractivity contribution in [3.05, 3.63) is 48.0 Å². The van der Waals surface area contributed by atoms with Crippen molar-refractivity contribution in [3.8, 4) is 5.69 Å². The first-order valence-electron chi connectivity index (χ1n) is 9.34. The van der Waals surface area contributed by atoms with E-state index in [0.29, 0.717) is 13.1 Å². The molecule has 4 rings (SSSR count). The molecule has 2 N–H and O–H groups in total. The summed E-state index contributed by atoms with van der Waals surface area (Å²) in [5, 5.41) is 6.63. The van der Waals surface area contributed by atoms with E-state index < -0.39 is 0 Å². The van der Waals surface area contributed by atoms with Gasteiger partial charge in [-0.25, -0.2) is 9.18 Å². The van der Waals surface area contributed by atoms with Crippen molar-refractivity contribution in [2.24, 2.45) is 0 Å². The Balaban J connectivity index is 1.57. The Morgan fingerprint density at radius 3 is 2.85 bits per heavy atom. The van der Waals surface area contributed by atoms with Crippen LogP contribution in [-0.4, -0.2) is 34.6 Å². The molecule has 5 nitrogen and oxygen atoms in total. The SMILES string of the molecule is CC[C@@H](C)NC(=O)N1CCC2(CC1)Nc1cc(F)ccc1-n1cccc12. The number of piperidine rings is 1. The maximum absolute atomic E-state index is 13.8. The van der Waals surface area contributed by atoms with Gasteiger partial charge in [-0.2, -0.15) is 0 Å². The molecule has 1 atom stereocenters. The lowest BCUT2D eigenvalue weighted by atomic mass is 9.82. The van der Waals surface area contributed by atoms with Crippen LogP contribution in [0.3, 0.4) is 0 Å². The van der Waals surface area contributed by atoms with Gasteiger partial charge < -0.3 is 20.1 Å². The lowest BCUT2D eigenvalue weighted by Gasteiger charge is -2.46. The molecule has 1 fully saturated rings. The van der Waals surface area contributed by atoms with Crippen LogP contribution in [0.2, 0.25) is 0 Å². The Hall–Kier alpha value is -2.50. The van der Waals surface area contributed by atoms with Crippen LogP contribution in [0, 0.1) is 5.82 Å². The van der Waals surface area contributed by atoms with E-state index in [1.54, 1.807) is 6.07 Å². The Labute approximate surface area is 153 Å². The molecule has 1 aromatic carbocycles. The predicted molar refractivity (Wildman–Crippen MR) is 100 cm³/mol. The summed E-state index contributed by atoms with van der Waals surface area (Å²) in [5.74, 6) is -0.243. The Kier molecular flexibility index (Phi) is 4.13. The second kappa shape index (κ2) is 6.34. The van der Waals surface area contributed by atoms with Crippen LogP contribution in [0.15, 0.2) is 36.5 Å². The van der Waals surface area contributed by atoms with Crippen LogP contribution in [0.4, 0.5) is 14.9 Å². The number of nitrogens with zero attached hydrogens (tertiary/aromatic N) is 2. The van der Waals surface area contributed by atoms with Gasteiger partial charge in [0.1, 0.15) is 5.82 Å². The topological polar surface area (TPSA) is 49.3 Å². The molecule has 1 aromatic heterocycles. The van der Waals surface area contributed by atoms with E-state index in [-0.39, 0.29) is 23.4 Å². The average molecular weight is 356 g/mol. The zero-order chi connectivity index (χ0) is 18.3. The van der Waals surface area contributed by atoms with Crippen molar-refractivity contribution in [3.63, 3.8) is 0 Å². The number of urea groups is 1. The fraction of sp³-hybridized carbons (Fsp3) is 0.450. The lowest BCUT2D eigenvalue weighted by molar-refractivity contribution is 0.160. The predicted octanol–water partition coefficient (Wildman–Crippen LogP) is 3.84. The first-order chi connectivity index (χ1) is 12.5. The van der Waals surface area contributed by atoms with Crippen LogP contribution in [-0.2, 0) is 5.54 Å². The maximum Gasteiger partial charge on any atom is 0.317 e. The summed E-state index contributed by atoms with van der Waals surface area (Å²) in [7, 11) is 0. The monoisotopic (exact) mass is 356 g/mol. The number of nitrogens with one attached hydrogen (secondary N) is 2. The Bertz CT molecular complexity index is 823. The second-order valence-electron chi connectivity index (χ2n) is 7.38. The van der Waals surface area contributed by atoms with Gasteiger partial charge in [0.2, 0.25) is 0 Å². The van der Waals surface area contributed by atoms with Gasteiger partial charge in [0.05, 0.1) is 16.9 Å². The third-order valence-corrected chi connectivity index (χ3v) is 5.72. The van der Waals surface area contributed by atoms with Crippen LogP contribution >= 0.6 is 0 Å². The van der Waals surface area contributed by atoms with Crippen molar-refractivity contribution in [1.82, 2.24) is 14.8 Å². The highest BCUT2D eigenvalue weighted by Crippen LogP contribution is 2.43. The number of carbonyl (C=O) groups is 1. The van der Waals surface area contributed by atoms with Crippen molar-refractivity contribution >= 4 is 11.7 Å². The van der Waals surface area contributed by atoms with E-state index in [2.05, 4.69) is 28.2 Å². The number of amides is 2. The quantitative estimate of drug-likeness (QED) is 0.859. The summed E-state index contributed by atoms with van der Waals surface area (Å²) in [6.07, 6.45) is 4.53. The number of anilines is 1. The molecule has 6 heteroatoms. The molecular weight excluding hydrogens is 331 g/mol. The molecule has 0 aliphatic carbocycles. The fourth-order valence-electron chi connectivity index (χ4n) is 4.00. The van der Waals surface area contributed by atoms with Crippen LogP contribution < -0.4 is 10.6 Å². The Morgan fingerprint density at radius 1 is 1.35 bits per heavy atom. The molecule has 0 bridgehead atoms. The molecule has 2 aromatic rings. The van der Waals surface area contributed by atoms with Crippen molar-refractivity contribution in [2.45, 2.75) is 44.7 Å². The van der Waals surface area contributed by atoms with Crippen LogP contribution in [0.1, 0.15) is 38.8 Å². The van der Waals surface area contributed by atoms with E-state index in [1.165, 1.54) is 11.8 Å². The number of carbonyl (C=O) groups excluding carboxylic acids is 1. The molecule has 1 saturated heterocycles. The van der Waals surface area contributed by atoms with Crippen molar-refractivity contribution < 1.29 is 9.18 Å². The van der Waals surface area contributed by atoms with Gasteiger partial charge in [0.25, 0.3) is 0 Å². The second-order valence-corrected chi connectivity index (χ2v) is 7.38. The fourth-order valence-corrected chi connectivity index (χ4v) is 4.00. The van der Waals surface area contributed by atoms with E-state index in [1.807, 2.05) is 30.2 Å². The van der Waals surface area contributed by atoms with Gasteiger partial charge in [0.15, 0.2) is 0 Å². The summed E-state index contributed by atoms with van der Waals surface area (Å²) in [6, 6.07) is 9.19. The Morgan fingerprint density at radius 2 is 2.12 bits per heavy atom. The number of hydrogen-bond donors (Lipinski definition) is 2. The molecule has 3 heterocycles. The van der Waals surface area contributed by atoms with E-state index in [0.717, 1.165) is 30.6 Å². The first-order valence-corrected chi connectivity index (χ1v) is 9.34. The molecule has 0 radical (unpaired) electrons. The minimum absolute atomic E-state index is 0.00633. The van der Waals surface area contributed by atoms with Gasteiger partial charge in [0, 0.05) is 31.0 Å². The number of fused-ring (bicyclic) bond motifs is 4.